The monoisotopic (exact) mass is 418 g/mol. The second-order valence-corrected chi connectivity index (χ2v) is 8.14. The van der Waals surface area contributed by atoms with E-state index in [4.69, 9.17) is 13.3 Å². The van der Waals surface area contributed by atoms with Crippen molar-refractivity contribution in [1.29, 1.82) is 0 Å². The first-order chi connectivity index (χ1) is 11.8. The van der Waals surface area contributed by atoms with Gasteiger partial charge in [-0.3, -0.25) is 4.79 Å². The summed E-state index contributed by atoms with van der Waals surface area (Å²) in [5, 5.41) is 4.04. The van der Waals surface area contributed by atoms with Crippen molar-refractivity contribution in [1.82, 2.24) is 10.6 Å². The van der Waals surface area contributed by atoms with E-state index in [1.165, 1.54) is 26.6 Å². The van der Waals surface area contributed by atoms with Crippen molar-refractivity contribution in [3.63, 3.8) is 0 Å². The lowest BCUT2D eigenvalue weighted by Gasteiger charge is -2.27. The summed E-state index contributed by atoms with van der Waals surface area (Å²) in [6, 6.07) is 0.422. The molecular formula is C12H21F7N2O4Si. The maximum absolute atomic E-state index is 13.0. The van der Waals surface area contributed by atoms with Crippen LogP contribution in [0, 0.1) is 0 Å². The Labute approximate surface area is 146 Å². The van der Waals surface area contributed by atoms with Crippen LogP contribution < -0.4 is 10.6 Å². The molecule has 0 bridgehead atoms. The number of amides is 1. The molecule has 2 N–H and O–H groups in total. The highest BCUT2D eigenvalue weighted by molar-refractivity contribution is 6.60. The Morgan fingerprint density at radius 3 is 1.81 bits per heavy atom. The molecule has 0 aromatic carbocycles. The van der Waals surface area contributed by atoms with Crippen LogP contribution >= 0.6 is 0 Å². The number of nitrogens with one attached hydrogen (secondary N) is 2. The van der Waals surface area contributed by atoms with E-state index in [0.717, 1.165) is 0 Å². The molecule has 0 unspecified atom stereocenters. The first kappa shape index (κ1) is 25.0. The third-order valence-electron chi connectivity index (χ3n) is 3.39. The van der Waals surface area contributed by atoms with Gasteiger partial charge in [0.05, 0.1) is 0 Å². The van der Waals surface area contributed by atoms with Crippen LogP contribution in [-0.2, 0) is 18.1 Å². The zero-order chi connectivity index (χ0) is 20.6. The first-order valence-electron chi connectivity index (χ1n) is 7.28. The average Bonchev–Trinajstić information content (AvgIpc) is 2.56. The molecule has 1 amide bonds. The number of halogens is 7. The van der Waals surface area contributed by atoms with E-state index >= 15 is 0 Å². The Hall–Kier alpha value is -0.963. The van der Waals surface area contributed by atoms with Gasteiger partial charge in [0.15, 0.2) is 0 Å². The Balaban J connectivity index is 4.25. The fourth-order valence-electron chi connectivity index (χ4n) is 1.81. The molecule has 0 heterocycles. The molecule has 0 aliphatic rings. The molecule has 0 aromatic rings. The van der Waals surface area contributed by atoms with Gasteiger partial charge < -0.3 is 23.9 Å². The van der Waals surface area contributed by atoms with Crippen LogP contribution in [0.4, 0.5) is 30.7 Å². The third-order valence-corrected chi connectivity index (χ3v) is 6.22. The average molecular weight is 418 g/mol. The minimum Gasteiger partial charge on any atom is -0.377 e. The number of carbonyl (C=O) groups is 1. The van der Waals surface area contributed by atoms with Crippen LogP contribution in [0.1, 0.15) is 6.42 Å². The first-order valence-corrected chi connectivity index (χ1v) is 9.21. The molecule has 0 atom stereocenters. The van der Waals surface area contributed by atoms with E-state index < -0.39 is 39.3 Å². The summed E-state index contributed by atoms with van der Waals surface area (Å²) in [5.41, 5.74) is 0. The highest BCUT2D eigenvalue weighted by atomic mass is 28.4. The number of alkyl halides is 7. The van der Waals surface area contributed by atoms with Gasteiger partial charge in [0, 0.05) is 40.5 Å². The summed E-state index contributed by atoms with van der Waals surface area (Å²) >= 11 is 0. The van der Waals surface area contributed by atoms with E-state index in [2.05, 4.69) is 5.32 Å². The molecule has 0 rings (SSSR count). The lowest BCUT2D eigenvalue weighted by atomic mass is 10.1. The highest BCUT2D eigenvalue weighted by Gasteiger charge is 2.76. The van der Waals surface area contributed by atoms with Crippen molar-refractivity contribution >= 4 is 14.7 Å². The minimum absolute atomic E-state index is 0.124. The second-order valence-electron chi connectivity index (χ2n) is 5.05. The number of carbonyl (C=O) groups excluding carboxylic acids is 1. The van der Waals surface area contributed by atoms with E-state index in [-0.39, 0.29) is 6.54 Å². The standard InChI is InChI=1S/C12H21F7N2O4Si/c1-23-26(24-2,25-3)8-4-5-20-6-7-21-9(22)10(13,14)11(15,16)12(17,18)19/h20H,4-8H2,1-3H3,(H,21,22). The molecule has 26 heavy (non-hydrogen) atoms. The molecule has 0 aromatic heterocycles. The molecule has 0 spiro atoms. The van der Waals surface area contributed by atoms with Gasteiger partial charge in [-0.15, -0.1) is 0 Å². The van der Waals surface area contributed by atoms with Gasteiger partial charge in [0.2, 0.25) is 0 Å². The van der Waals surface area contributed by atoms with Crippen molar-refractivity contribution in [3.8, 4) is 0 Å². The van der Waals surface area contributed by atoms with Gasteiger partial charge in [0.25, 0.3) is 5.91 Å². The van der Waals surface area contributed by atoms with E-state index in [1.807, 2.05) is 0 Å². The van der Waals surface area contributed by atoms with Crippen LogP contribution in [0.5, 0.6) is 0 Å². The fraction of sp³-hybridized carbons (Fsp3) is 0.917. The molecule has 0 saturated heterocycles. The Bertz CT molecular complexity index is 440. The largest absolute Gasteiger partial charge is 0.500 e. The summed E-state index contributed by atoms with van der Waals surface area (Å²) in [5.74, 6) is -15.1. The van der Waals surface area contributed by atoms with Crippen molar-refractivity contribution in [2.75, 3.05) is 41.0 Å². The molecule has 0 aliphatic carbocycles. The van der Waals surface area contributed by atoms with Gasteiger partial charge in [-0.05, 0) is 13.0 Å². The van der Waals surface area contributed by atoms with Crippen LogP contribution in [0.15, 0.2) is 0 Å². The van der Waals surface area contributed by atoms with Crippen molar-refractivity contribution in [3.05, 3.63) is 0 Å². The SMILES string of the molecule is CO[Si](CCCNCCNC(=O)C(F)(F)C(F)(F)C(F)(F)F)(OC)OC. The molecule has 6 nitrogen and oxygen atoms in total. The quantitative estimate of drug-likeness (QED) is 0.287. The summed E-state index contributed by atoms with van der Waals surface area (Å²) in [6.45, 7) is -0.375. The smallest absolute Gasteiger partial charge is 0.377 e. The zero-order valence-electron chi connectivity index (χ0n) is 14.3. The molecule has 14 heteroatoms. The normalized spacial score (nSPS) is 13.8. The van der Waals surface area contributed by atoms with Gasteiger partial charge in [-0.1, -0.05) is 0 Å². The van der Waals surface area contributed by atoms with Crippen LogP contribution in [0.25, 0.3) is 0 Å². The van der Waals surface area contributed by atoms with Gasteiger partial charge in [-0.2, -0.15) is 30.7 Å². The maximum atomic E-state index is 13.0. The van der Waals surface area contributed by atoms with Gasteiger partial charge >= 0.3 is 26.8 Å². The molecular weight excluding hydrogens is 397 g/mol. The lowest BCUT2D eigenvalue weighted by Crippen LogP contribution is -2.59. The molecule has 0 radical (unpaired) electrons. The van der Waals surface area contributed by atoms with E-state index in [9.17, 15) is 35.5 Å². The predicted molar refractivity (Wildman–Crippen MR) is 78.0 cm³/mol. The molecule has 156 valence electrons. The molecule has 0 fully saturated rings. The lowest BCUT2D eigenvalue weighted by molar-refractivity contribution is -0.344. The predicted octanol–water partition coefficient (Wildman–Crippen LogP) is 1.79. The summed E-state index contributed by atoms with van der Waals surface area (Å²) in [4.78, 5) is 11.0. The van der Waals surface area contributed by atoms with Gasteiger partial charge in [-0.25, -0.2) is 0 Å². The highest BCUT2D eigenvalue weighted by Crippen LogP contribution is 2.46. The van der Waals surface area contributed by atoms with Crippen LogP contribution in [0.3, 0.4) is 0 Å². The van der Waals surface area contributed by atoms with Crippen molar-refractivity contribution < 1.29 is 48.8 Å². The van der Waals surface area contributed by atoms with Crippen molar-refractivity contribution in [2.45, 2.75) is 30.5 Å². The fourth-order valence-corrected chi connectivity index (χ4v) is 3.53. The summed E-state index contributed by atoms with van der Waals surface area (Å²) < 4.78 is 103. The number of rotatable bonds is 12. The minimum atomic E-state index is -6.55. The second kappa shape index (κ2) is 9.82. The number of hydrogen-bond acceptors (Lipinski definition) is 5. The topological polar surface area (TPSA) is 68.8 Å². The van der Waals surface area contributed by atoms with Crippen molar-refractivity contribution in [2.24, 2.45) is 0 Å². The molecule has 0 aliphatic heterocycles. The van der Waals surface area contributed by atoms with Crippen LogP contribution in [0.2, 0.25) is 6.04 Å². The summed E-state index contributed by atoms with van der Waals surface area (Å²) in [6.07, 6.45) is -6.06. The molecule has 0 saturated carbocycles. The maximum Gasteiger partial charge on any atom is 0.500 e. The number of hydrogen-bond donors (Lipinski definition) is 2. The Kier molecular flexibility index (Phi) is 9.46. The van der Waals surface area contributed by atoms with E-state index in [0.29, 0.717) is 19.0 Å². The zero-order valence-corrected chi connectivity index (χ0v) is 15.3. The van der Waals surface area contributed by atoms with Gasteiger partial charge in [0.1, 0.15) is 0 Å². The van der Waals surface area contributed by atoms with E-state index in [1.54, 1.807) is 0 Å². The summed E-state index contributed by atoms with van der Waals surface area (Å²) in [7, 11) is 1.48. The third kappa shape index (κ3) is 6.04. The Morgan fingerprint density at radius 1 is 0.885 bits per heavy atom. The Morgan fingerprint density at radius 2 is 1.38 bits per heavy atom. The van der Waals surface area contributed by atoms with Crippen LogP contribution in [-0.4, -0.2) is 73.7 Å².